The van der Waals surface area contributed by atoms with Gasteiger partial charge in [-0.3, -0.25) is 9.59 Å². The smallest absolute Gasteiger partial charge is 0.267 e. The molecule has 1 saturated heterocycles. The molecule has 0 atom stereocenters. The van der Waals surface area contributed by atoms with Crippen molar-refractivity contribution < 1.29 is 14.3 Å². The second-order valence-electron chi connectivity index (χ2n) is 6.84. The van der Waals surface area contributed by atoms with E-state index in [1.54, 1.807) is 61.2 Å². The van der Waals surface area contributed by atoms with Gasteiger partial charge in [0.2, 0.25) is 5.91 Å². The van der Waals surface area contributed by atoms with Crippen LogP contribution in [0, 0.1) is 0 Å². The number of rotatable bonds is 5. The summed E-state index contributed by atoms with van der Waals surface area (Å²) in [5.41, 5.74) is 0.0891. The third-order valence-corrected chi connectivity index (χ3v) is 4.86. The van der Waals surface area contributed by atoms with Crippen molar-refractivity contribution in [2.45, 2.75) is 32.3 Å². The van der Waals surface area contributed by atoms with Gasteiger partial charge < -0.3 is 15.0 Å². The average molecular weight is 407 g/mol. The van der Waals surface area contributed by atoms with E-state index in [0.717, 1.165) is 6.42 Å². The van der Waals surface area contributed by atoms with Crippen LogP contribution in [0.4, 0.5) is 11.4 Å². The first-order valence-corrected chi connectivity index (χ1v) is 9.38. The van der Waals surface area contributed by atoms with Crippen molar-refractivity contribution in [1.29, 1.82) is 0 Å². The molecule has 0 aliphatic carbocycles. The highest BCUT2D eigenvalue weighted by Crippen LogP contribution is 2.32. The van der Waals surface area contributed by atoms with Gasteiger partial charge in [0.1, 0.15) is 5.75 Å². The number of anilines is 2. The number of benzene rings is 2. The Bertz CT molecular complexity index is 866. The summed E-state index contributed by atoms with van der Waals surface area (Å²) in [6.45, 7) is 4.01. The molecule has 2 aromatic rings. The first-order valence-electron chi connectivity index (χ1n) is 8.62. The lowest BCUT2D eigenvalue weighted by Crippen LogP contribution is -2.42. The number of halogens is 2. The number of amides is 2. The molecule has 27 heavy (non-hydrogen) atoms. The molecule has 1 heterocycles. The van der Waals surface area contributed by atoms with Crippen LogP contribution < -0.4 is 15.0 Å². The number of nitrogens with zero attached hydrogens (tertiary/aromatic N) is 1. The van der Waals surface area contributed by atoms with E-state index < -0.39 is 5.60 Å². The normalized spacial score (nSPS) is 14.4. The third kappa shape index (κ3) is 4.54. The van der Waals surface area contributed by atoms with Gasteiger partial charge in [0.15, 0.2) is 5.60 Å². The molecular weight excluding hydrogens is 387 g/mol. The summed E-state index contributed by atoms with van der Waals surface area (Å²) in [4.78, 5) is 26.2. The lowest BCUT2D eigenvalue weighted by Gasteiger charge is -2.25. The van der Waals surface area contributed by atoms with Gasteiger partial charge in [0, 0.05) is 23.7 Å². The first-order chi connectivity index (χ1) is 12.8. The summed E-state index contributed by atoms with van der Waals surface area (Å²) in [6.07, 6.45) is 1.36. The molecule has 0 spiro atoms. The maximum Gasteiger partial charge on any atom is 0.267 e. The van der Waals surface area contributed by atoms with Gasteiger partial charge in [-0.25, -0.2) is 0 Å². The lowest BCUT2D eigenvalue weighted by atomic mass is 10.1. The Kier molecular flexibility index (Phi) is 5.63. The number of ether oxygens (including phenoxy) is 1. The molecule has 0 saturated carbocycles. The van der Waals surface area contributed by atoms with Crippen LogP contribution in [0.3, 0.4) is 0 Å². The van der Waals surface area contributed by atoms with Crippen LogP contribution in [0.5, 0.6) is 5.75 Å². The van der Waals surface area contributed by atoms with Crippen molar-refractivity contribution in [1.82, 2.24) is 0 Å². The van der Waals surface area contributed by atoms with E-state index in [9.17, 15) is 9.59 Å². The van der Waals surface area contributed by atoms with Gasteiger partial charge in [0.25, 0.3) is 5.91 Å². The van der Waals surface area contributed by atoms with E-state index in [0.29, 0.717) is 40.1 Å². The molecule has 1 fully saturated rings. The lowest BCUT2D eigenvalue weighted by molar-refractivity contribution is -0.128. The van der Waals surface area contributed by atoms with Gasteiger partial charge in [-0.1, -0.05) is 23.2 Å². The van der Waals surface area contributed by atoms with Gasteiger partial charge in [-0.05, 0) is 62.7 Å². The van der Waals surface area contributed by atoms with Gasteiger partial charge in [0.05, 0.1) is 10.7 Å². The summed E-state index contributed by atoms with van der Waals surface area (Å²) < 4.78 is 5.78. The minimum Gasteiger partial charge on any atom is -0.478 e. The highest BCUT2D eigenvalue weighted by Gasteiger charge is 2.30. The van der Waals surface area contributed by atoms with E-state index in [4.69, 9.17) is 27.9 Å². The summed E-state index contributed by atoms with van der Waals surface area (Å²) in [6, 6.07) is 11.9. The molecule has 0 aromatic heterocycles. The number of hydrogen-bond acceptors (Lipinski definition) is 3. The Balaban J connectivity index is 1.70. The Hall–Kier alpha value is -2.24. The predicted molar refractivity (Wildman–Crippen MR) is 108 cm³/mol. The summed E-state index contributed by atoms with van der Waals surface area (Å²) >= 11 is 12.2. The first kappa shape index (κ1) is 19.5. The fourth-order valence-electron chi connectivity index (χ4n) is 2.83. The average Bonchev–Trinajstić information content (AvgIpc) is 3.03. The standard InChI is InChI=1S/C20H20Cl2N2O3/c1-20(2,27-15-8-5-13(21)6-9-15)19(26)23-14-7-10-17(16(22)12-14)24-11-3-4-18(24)25/h5-10,12H,3-4,11H2,1-2H3,(H,23,26). The zero-order valence-electron chi connectivity index (χ0n) is 15.1. The monoisotopic (exact) mass is 406 g/mol. The zero-order chi connectivity index (χ0) is 19.6. The Morgan fingerprint density at radius 3 is 2.44 bits per heavy atom. The predicted octanol–water partition coefficient (Wildman–Crippen LogP) is 4.92. The number of carbonyl (C=O) groups excluding carboxylic acids is 2. The molecule has 1 N–H and O–H groups in total. The van der Waals surface area contributed by atoms with E-state index in [1.807, 2.05) is 0 Å². The molecule has 142 valence electrons. The highest BCUT2D eigenvalue weighted by atomic mass is 35.5. The van der Waals surface area contributed by atoms with E-state index in [2.05, 4.69) is 5.32 Å². The fraction of sp³-hybridized carbons (Fsp3) is 0.300. The van der Waals surface area contributed by atoms with E-state index >= 15 is 0 Å². The van der Waals surface area contributed by atoms with Crippen molar-refractivity contribution in [2.75, 3.05) is 16.8 Å². The molecule has 1 aliphatic rings. The second-order valence-corrected chi connectivity index (χ2v) is 7.68. The maximum absolute atomic E-state index is 12.6. The third-order valence-electron chi connectivity index (χ3n) is 4.30. The minimum absolute atomic E-state index is 0.0613. The Morgan fingerprint density at radius 1 is 1.15 bits per heavy atom. The fourth-order valence-corrected chi connectivity index (χ4v) is 3.24. The Labute approximate surface area is 168 Å². The number of nitrogens with one attached hydrogen (secondary N) is 1. The Morgan fingerprint density at radius 2 is 1.85 bits per heavy atom. The van der Waals surface area contributed by atoms with E-state index in [1.165, 1.54) is 0 Å². The number of hydrogen-bond donors (Lipinski definition) is 1. The summed E-state index contributed by atoms with van der Waals surface area (Å²) in [5.74, 6) is 0.283. The maximum atomic E-state index is 12.6. The van der Waals surface area contributed by atoms with E-state index in [-0.39, 0.29) is 11.8 Å². The molecule has 5 nitrogen and oxygen atoms in total. The van der Waals surface area contributed by atoms with Crippen molar-refractivity contribution in [3.05, 3.63) is 52.5 Å². The molecule has 0 radical (unpaired) electrons. The molecule has 0 bridgehead atoms. The largest absolute Gasteiger partial charge is 0.478 e. The minimum atomic E-state index is -1.11. The number of carbonyl (C=O) groups is 2. The van der Waals surface area contributed by atoms with Crippen LogP contribution in [0.2, 0.25) is 10.0 Å². The molecule has 1 aliphatic heterocycles. The van der Waals surface area contributed by atoms with Crippen molar-refractivity contribution in [3.8, 4) is 5.75 Å². The molecule has 2 amide bonds. The summed E-state index contributed by atoms with van der Waals surface area (Å²) in [7, 11) is 0. The van der Waals surface area contributed by atoms with Crippen LogP contribution in [0.15, 0.2) is 42.5 Å². The highest BCUT2D eigenvalue weighted by molar-refractivity contribution is 6.34. The zero-order valence-corrected chi connectivity index (χ0v) is 16.6. The quantitative estimate of drug-likeness (QED) is 0.766. The van der Waals surface area contributed by atoms with Gasteiger partial charge in [-0.2, -0.15) is 0 Å². The topological polar surface area (TPSA) is 58.6 Å². The molecule has 0 unspecified atom stereocenters. The molecule has 2 aromatic carbocycles. The SMILES string of the molecule is CC(C)(Oc1ccc(Cl)cc1)C(=O)Nc1ccc(N2CCCC2=O)c(Cl)c1. The van der Waals surface area contributed by atoms with Crippen molar-refractivity contribution in [3.63, 3.8) is 0 Å². The molecular formula is C20H20Cl2N2O3. The van der Waals surface area contributed by atoms with Crippen LogP contribution in [0.25, 0.3) is 0 Å². The molecule has 7 heteroatoms. The summed E-state index contributed by atoms with van der Waals surface area (Å²) in [5, 5.41) is 3.82. The van der Waals surface area contributed by atoms with Crippen LogP contribution in [0.1, 0.15) is 26.7 Å². The van der Waals surface area contributed by atoms with Gasteiger partial charge in [-0.15, -0.1) is 0 Å². The second kappa shape index (κ2) is 7.79. The van der Waals surface area contributed by atoms with Crippen molar-refractivity contribution >= 4 is 46.4 Å². The van der Waals surface area contributed by atoms with Crippen LogP contribution in [-0.4, -0.2) is 24.0 Å². The van der Waals surface area contributed by atoms with Gasteiger partial charge >= 0.3 is 0 Å². The van der Waals surface area contributed by atoms with Crippen LogP contribution >= 0.6 is 23.2 Å². The van der Waals surface area contributed by atoms with Crippen LogP contribution in [-0.2, 0) is 9.59 Å². The molecule has 3 rings (SSSR count). The van der Waals surface area contributed by atoms with Crippen molar-refractivity contribution in [2.24, 2.45) is 0 Å².